The lowest BCUT2D eigenvalue weighted by Gasteiger charge is -2.28. The molecule has 1 N–H and O–H groups in total. The smallest absolute Gasteiger partial charge is 0.316 e. The van der Waals surface area contributed by atoms with Crippen molar-refractivity contribution in [3.8, 4) is 0 Å². The number of Topliss-reactive ketones (excluding diaryl/α,β-unsaturated/α-hetero) is 1. The first-order valence-electron chi connectivity index (χ1n) is 8.19. The number of hydrogen-bond acceptors (Lipinski definition) is 2. The minimum absolute atomic E-state index is 0.0884. The third kappa shape index (κ3) is 4.70. The number of ketones is 1. The molecule has 0 aromatic rings. The molecule has 0 aromatic carbocycles. The van der Waals surface area contributed by atoms with Crippen LogP contribution >= 0.6 is 0 Å². The van der Waals surface area contributed by atoms with Crippen molar-refractivity contribution in [1.29, 1.82) is 0 Å². The lowest BCUT2D eigenvalue weighted by molar-refractivity contribution is -0.176. The van der Waals surface area contributed by atoms with Crippen molar-refractivity contribution in [2.24, 2.45) is 23.7 Å². The average molecular weight is 305 g/mol. The largest absolute Gasteiger partial charge is 0.450 e. The molecule has 0 radical (unpaired) electrons. The van der Waals surface area contributed by atoms with E-state index >= 15 is 0 Å². The van der Waals surface area contributed by atoms with Gasteiger partial charge in [-0.3, -0.25) is 4.79 Å². The minimum Gasteiger partial charge on any atom is -0.316 e. The Morgan fingerprint density at radius 3 is 2.33 bits per heavy atom. The molecule has 0 aromatic heterocycles. The summed E-state index contributed by atoms with van der Waals surface area (Å²) >= 11 is 0. The Balaban J connectivity index is 1.78. The number of hydrogen-bond donors (Lipinski definition) is 1. The van der Waals surface area contributed by atoms with Gasteiger partial charge in [-0.15, -0.1) is 0 Å². The summed E-state index contributed by atoms with van der Waals surface area (Å²) in [5.74, 6) is -1.06. The maximum absolute atomic E-state index is 12.5. The van der Waals surface area contributed by atoms with Crippen molar-refractivity contribution in [3.05, 3.63) is 0 Å². The maximum Gasteiger partial charge on any atom is 0.450 e. The Kier molecular flexibility index (Phi) is 5.69. The molecular weight excluding hydrogens is 279 g/mol. The summed E-state index contributed by atoms with van der Waals surface area (Å²) in [5.41, 5.74) is 0. The molecular formula is C16H26F3NO. The molecule has 1 aliphatic carbocycles. The molecule has 2 rings (SSSR count). The Morgan fingerprint density at radius 1 is 1.10 bits per heavy atom. The van der Waals surface area contributed by atoms with E-state index in [1.165, 1.54) is 19.8 Å². The van der Waals surface area contributed by atoms with Crippen LogP contribution < -0.4 is 5.32 Å². The van der Waals surface area contributed by atoms with Crippen molar-refractivity contribution in [2.75, 3.05) is 13.1 Å². The third-order valence-electron chi connectivity index (χ3n) is 5.38. The van der Waals surface area contributed by atoms with E-state index < -0.39 is 17.9 Å². The molecule has 0 amide bonds. The zero-order valence-corrected chi connectivity index (χ0v) is 12.7. The lowest BCUT2D eigenvalue weighted by Crippen LogP contribution is -2.41. The molecule has 0 bridgehead atoms. The molecule has 2 fully saturated rings. The Bertz CT molecular complexity index is 352. The zero-order chi connectivity index (χ0) is 15.5. The normalized spacial score (nSPS) is 29.5. The Morgan fingerprint density at radius 2 is 1.76 bits per heavy atom. The van der Waals surface area contributed by atoms with Crippen molar-refractivity contribution >= 4 is 5.78 Å². The Labute approximate surface area is 124 Å². The summed E-state index contributed by atoms with van der Waals surface area (Å²) in [6.07, 6.45) is 2.36. The highest BCUT2D eigenvalue weighted by molar-refractivity contribution is 5.86. The van der Waals surface area contributed by atoms with Crippen LogP contribution in [-0.2, 0) is 4.79 Å². The number of carbonyl (C=O) groups is 1. The second-order valence-electron chi connectivity index (χ2n) is 6.89. The summed E-state index contributed by atoms with van der Waals surface area (Å²) in [4.78, 5) is 11.4. The number of alkyl halides is 3. The summed E-state index contributed by atoms with van der Waals surface area (Å²) in [6.45, 7) is 3.69. The van der Waals surface area contributed by atoms with Crippen molar-refractivity contribution in [1.82, 2.24) is 5.32 Å². The fraction of sp³-hybridized carbons (Fsp3) is 0.938. The molecule has 1 heterocycles. The fourth-order valence-corrected chi connectivity index (χ4v) is 3.69. The first kappa shape index (κ1) is 16.8. The molecule has 3 unspecified atom stereocenters. The predicted molar refractivity (Wildman–Crippen MR) is 75.9 cm³/mol. The molecule has 1 aliphatic heterocycles. The van der Waals surface area contributed by atoms with E-state index in [1.54, 1.807) is 0 Å². The SMILES string of the molecule is CC(C(=O)C(F)(F)F)C1CCCC(CCC2CNC2)CC1. The van der Waals surface area contributed by atoms with Crippen molar-refractivity contribution in [3.63, 3.8) is 0 Å². The minimum atomic E-state index is -4.68. The van der Waals surface area contributed by atoms with E-state index in [9.17, 15) is 18.0 Å². The summed E-state index contributed by atoms with van der Waals surface area (Å²) < 4.78 is 37.6. The van der Waals surface area contributed by atoms with Gasteiger partial charge < -0.3 is 5.32 Å². The van der Waals surface area contributed by atoms with E-state index in [1.807, 2.05) is 0 Å². The number of nitrogens with one attached hydrogen (secondary N) is 1. The number of halogens is 3. The molecule has 5 heteroatoms. The standard InChI is InChI=1S/C16H26F3NO/c1-11(15(21)16(17,18)19)14-4-2-3-12(7-8-14)5-6-13-9-20-10-13/h11-14,20H,2-10H2,1H3. The number of carbonyl (C=O) groups excluding carboxylic acids is 1. The lowest BCUT2D eigenvalue weighted by atomic mass is 9.83. The van der Waals surface area contributed by atoms with Gasteiger partial charge in [0.05, 0.1) is 0 Å². The monoisotopic (exact) mass is 305 g/mol. The van der Waals surface area contributed by atoms with E-state index in [4.69, 9.17) is 0 Å². The van der Waals surface area contributed by atoms with Gasteiger partial charge in [-0.1, -0.05) is 32.6 Å². The molecule has 0 spiro atoms. The fourth-order valence-electron chi connectivity index (χ4n) is 3.69. The highest BCUT2D eigenvalue weighted by Crippen LogP contribution is 2.37. The van der Waals surface area contributed by atoms with Crippen LogP contribution in [0.3, 0.4) is 0 Å². The zero-order valence-electron chi connectivity index (χ0n) is 12.7. The molecule has 2 nitrogen and oxygen atoms in total. The van der Waals surface area contributed by atoms with Gasteiger partial charge in [0.2, 0.25) is 5.78 Å². The van der Waals surface area contributed by atoms with Crippen LogP contribution in [0.5, 0.6) is 0 Å². The summed E-state index contributed by atoms with van der Waals surface area (Å²) in [5, 5.41) is 3.27. The van der Waals surface area contributed by atoms with E-state index in [2.05, 4.69) is 5.32 Å². The maximum atomic E-state index is 12.5. The van der Waals surface area contributed by atoms with Gasteiger partial charge >= 0.3 is 6.18 Å². The average Bonchev–Trinajstić information content (AvgIpc) is 2.60. The van der Waals surface area contributed by atoms with E-state index in [0.717, 1.165) is 51.1 Å². The summed E-state index contributed by atoms with van der Waals surface area (Å²) in [6, 6.07) is 0. The number of rotatable bonds is 5. The van der Waals surface area contributed by atoms with Crippen LogP contribution in [0.25, 0.3) is 0 Å². The van der Waals surface area contributed by atoms with E-state index in [0.29, 0.717) is 5.92 Å². The topological polar surface area (TPSA) is 29.1 Å². The Hall–Kier alpha value is -0.580. The van der Waals surface area contributed by atoms with Crippen LogP contribution in [0, 0.1) is 23.7 Å². The van der Waals surface area contributed by atoms with Crippen molar-refractivity contribution in [2.45, 2.75) is 58.0 Å². The molecule has 1 saturated heterocycles. The molecule has 2 aliphatic rings. The molecule has 1 saturated carbocycles. The molecule has 3 atom stereocenters. The van der Waals surface area contributed by atoms with Crippen LogP contribution in [0.4, 0.5) is 13.2 Å². The predicted octanol–water partition coefficient (Wildman–Crippen LogP) is 3.95. The highest BCUT2D eigenvalue weighted by Gasteiger charge is 2.44. The van der Waals surface area contributed by atoms with Gasteiger partial charge in [-0.05, 0) is 50.1 Å². The first-order valence-corrected chi connectivity index (χ1v) is 8.19. The van der Waals surface area contributed by atoms with Crippen LogP contribution in [0.2, 0.25) is 0 Å². The van der Waals surface area contributed by atoms with Gasteiger partial charge in [0.15, 0.2) is 0 Å². The first-order chi connectivity index (χ1) is 9.88. The van der Waals surface area contributed by atoms with Gasteiger partial charge in [0.1, 0.15) is 0 Å². The van der Waals surface area contributed by atoms with Gasteiger partial charge in [-0.2, -0.15) is 13.2 Å². The van der Waals surface area contributed by atoms with Gasteiger partial charge in [-0.25, -0.2) is 0 Å². The second-order valence-corrected chi connectivity index (χ2v) is 6.89. The van der Waals surface area contributed by atoms with Crippen LogP contribution in [0.15, 0.2) is 0 Å². The second kappa shape index (κ2) is 7.12. The quantitative estimate of drug-likeness (QED) is 0.779. The van der Waals surface area contributed by atoms with Crippen molar-refractivity contribution < 1.29 is 18.0 Å². The third-order valence-corrected chi connectivity index (χ3v) is 5.38. The van der Waals surface area contributed by atoms with Crippen LogP contribution in [0.1, 0.15) is 51.9 Å². The highest BCUT2D eigenvalue weighted by atomic mass is 19.4. The van der Waals surface area contributed by atoms with E-state index in [-0.39, 0.29) is 5.92 Å². The van der Waals surface area contributed by atoms with Crippen LogP contribution in [-0.4, -0.2) is 25.0 Å². The summed E-state index contributed by atoms with van der Waals surface area (Å²) in [7, 11) is 0. The van der Waals surface area contributed by atoms with Gasteiger partial charge in [0, 0.05) is 5.92 Å². The molecule has 21 heavy (non-hydrogen) atoms. The van der Waals surface area contributed by atoms with Gasteiger partial charge in [0.25, 0.3) is 0 Å². The molecule has 122 valence electrons.